The molecule has 6 unspecified atom stereocenters. The lowest BCUT2D eigenvalue weighted by atomic mass is 9.86. The van der Waals surface area contributed by atoms with E-state index in [1.54, 1.807) is 0 Å². The van der Waals surface area contributed by atoms with Gasteiger partial charge in [-0.3, -0.25) is 5.43 Å². The molecule has 4 aromatic carbocycles. The van der Waals surface area contributed by atoms with Crippen molar-refractivity contribution in [3.8, 4) is 0 Å². The van der Waals surface area contributed by atoms with Crippen molar-refractivity contribution in [2.75, 3.05) is 13.7 Å². The lowest BCUT2D eigenvalue weighted by molar-refractivity contribution is -0.314. The fourth-order valence-corrected chi connectivity index (χ4v) is 5.69. The molecule has 0 radical (unpaired) electrons. The largest absolute Gasteiger partial charge is 0.450 e. The first-order chi connectivity index (χ1) is 23.0. The van der Waals surface area contributed by atoms with Gasteiger partial charge in [-0.05, 0) is 28.8 Å². The van der Waals surface area contributed by atoms with Gasteiger partial charge >= 0.3 is 0 Å². The van der Waals surface area contributed by atoms with Crippen molar-refractivity contribution in [1.29, 1.82) is 0 Å². The molecule has 2 aliphatic heterocycles. The molecule has 47 heavy (non-hydrogen) atoms. The molecule has 6 rings (SSSR count). The number of nitrogens with one attached hydrogen (secondary N) is 1. The summed E-state index contributed by atoms with van der Waals surface area (Å²) >= 11 is 0. The second kappa shape index (κ2) is 15.6. The zero-order valence-corrected chi connectivity index (χ0v) is 25.6. The van der Waals surface area contributed by atoms with Crippen molar-refractivity contribution >= 4 is 5.90 Å². The highest BCUT2D eigenvalue weighted by atomic mass is 19.2. The monoisotopic (exact) mass is 648 g/mol. The van der Waals surface area contributed by atoms with Crippen molar-refractivity contribution in [2.45, 2.75) is 50.7 Å². The predicted octanol–water partition coefficient (Wildman–Crippen LogP) is 6.09. The highest BCUT2D eigenvalue weighted by molar-refractivity contribution is 5.94. The minimum absolute atomic E-state index is 0.0713. The number of methoxy groups -OCH3 is 1. The van der Waals surface area contributed by atoms with E-state index < -0.39 is 54.2 Å². The molecule has 0 aromatic heterocycles. The molecule has 246 valence electrons. The lowest BCUT2D eigenvalue weighted by Crippen LogP contribution is -2.62. The second-order valence-corrected chi connectivity index (χ2v) is 11.2. The first-order valence-corrected chi connectivity index (χ1v) is 15.3. The minimum atomic E-state index is -1.58. The normalized spacial score (nSPS) is 24.0. The van der Waals surface area contributed by atoms with Crippen LogP contribution in [0.25, 0.3) is 0 Å². The third-order valence-electron chi connectivity index (χ3n) is 8.01. The molecule has 1 fully saturated rings. The van der Waals surface area contributed by atoms with E-state index in [-0.39, 0.29) is 31.3 Å². The third-order valence-corrected chi connectivity index (χ3v) is 8.01. The molecule has 0 amide bonds. The molecule has 6 atom stereocenters. The summed E-state index contributed by atoms with van der Waals surface area (Å²) in [5.41, 5.74) is 5.72. The van der Waals surface area contributed by atoms with Crippen LogP contribution < -0.4 is 5.43 Å². The minimum Gasteiger partial charge on any atom is -0.450 e. The van der Waals surface area contributed by atoms with E-state index in [0.717, 1.165) is 28.8 Å². The fourth-order valence-electron chi connectivity index (χ4n) is 5.69. The number of hydrogen-bond donors (Lipinski definition) is 1. The molecule has 1 saturated heterocycles. The maximum Gasteiger partial charge on any atom is 0.240 e. The van der Waals surface area contributed by atoms with Crippen molar-refractivity contribution in [3.05, 3.63) is 143 Å². The zero-order chi connectivity index (χ0) is 32.6. The lowest BCUT2D eigenvalue weighted by Gasteiger charge is -2.47. The Labute approximate surface area is 271 Å². The first-order valence-electron chi connectivity index (χ1n) is 15.3. The quantitative estimate of drug-likeness (QED) is 0.176. The smallest absolute Gasteiger partial charge is 0.240 e. The number of nitrogens with zero attached hydrogens (tertiary/aromatic N) is 1. The van der Waals surface area contributed by atoms with Gasteiger partial charge in [0.05, 0.1) is 38.4 Å². The Balaban J connectivity index is 1.30. The molecule has 0 aliphatic carbocycles. The molecular weight excluding hydrogens is 613 g/mol. The Morgan fingerprint density at radius 2 is 1.26 bits per heavy atom. The van der Waals surface area contributed by atoms with Gasteiger partial charge in [-0.1, -0.05) is 91.0 Å². The molecule has 2 aliphatic rings. The van der Waals surface area contributed by atoms with Crippen LogP contribution in [-0.4, -0.2) is 50.4 Å². The van der Waals surface area contributed by atoms with Gasteiger partial charge in [0.25, 0.3) is 0 Å². The molecule has 8 nitrogen and oxygen atoms in total. The molecular formula is C36H35F3N2O6. The van der Waals surface area contributed by atoms with E-state index in [1.807, 2.05) is 91.0 Å². The third kappa shape index (κ3) is 8.01. The Hall–Kier alpha value is -4.26. The molecule has 0 bridgehead atoms. The van der Waals surface area contributed by atoms with Gasteiger partial charge in [-0.15, -0.1) is 5.10 Å². The number of benzene rings is 4. The van der Waals surface area contributed by atoms with Crippen LogP contribution in [0.15, 0.2) is 108 Å². The summed E-state index contributed by atoms with van der Waals surface area (Å²) in [6.45, 7) is 0.944. The van der Waals surface area contributed by atoms with Gasteiger partial charge in [-0.2, -0.15) is 0 Å². The summed E-state index contributed by atoms with van der Waals surface area (Å²) in [4.78, 5) is 0. The summed E-state index contributed by atoms with van der Waals surface area (Å²) in [6.07, 6.45) is -3.90. The number of hydrazone groups is 1. The van der Waals surface area contributed by atoms with Gasteiger partial charge in [0.1, 0.15) is 12.2 Å². The molecule has 11 heteroatoms. The van der Waals surface area contributed by atoms with Gasteiger partial charge in [-0.25, -0.2) is 13.2 Å². The Morgan fingerprint density at radius 1 is 0.723 bits per heavy atom. The first kappa shape index (κ1) is 32.7. The van der Waals surface area contributed by atoms with Gasteiger partial charge < -0.3 is 28.4 Å². The summed E-state index contributed by atoms with van der Waals surface area (Å²) < 4.78 is 79.7. The summed E-state index contributed by atoms with van der Waals surface area (Å²) in [5, 5.41) is 4.22. The van der Waals surface area contributed by atoms with Gasteiger partial charge in [0, 0.05) is 12.7 Å². The standard InChI is InChI=1S/C36H35F3N2O6/c1-42-36-33(45-21-25-15-9-4-10-16-25)30(35-41-40-34(47-35)26-17-27(37)31(39)28(38)18-26)32(44-20-24-13-7-3-8-14-24)29(46-36)22-43-19-23-11-5-2-6-12-23/h2-18,29-30,32-33,35-36,41H,19-22H2,1H3. The molecule has 0 saturated carbocycles. The van der Waals surface area contributed by atoms with Crippen molar-refractivity contribution < 1.29 is 41.6 Å². The van der Waals surface area contributed by atoms with E-state index in [1.165, 1.54) is 7.11 Å². The Kier molecular flexibility index (Phi) is 10.8. The van der Waals surface area contributed by atoms with Crippen LogP contribution in [0.5, 0.6) is 0 Å². The SMILES string of the molecule is COC1OC(COCc2ccccc2)C(OCc2ccccc2)C(C2NN=C(c3cc(F)c(F)c(F)c3)O2)C1OCc1ccccc1. The Morgan fingerprint density at radius 3 is 1.81 bits per heavy atom. The van der Waals surface area contributed by atoms with Crippen LogP contribution in [0.2, 0.25) is 0 Å². The van der Waals surface area contributed by atoms with E-state index in [0.29, 0.717) is 6.61 Å². The maximum atomic E-state index is 14.1. The number of rotatable bonds is 13. The zero-order valence-electron chi connectivity index (χ0n) is 25.6. The number of ether oxygens (including phenoxy) is 6. The van der Waals surface area contributed by atoms with Gasteiger partial charge in [0.15, 0.2) is 30.0 Å². The highest BCUT2D eigenvalue weighted by Crippen LogP contribution is 2.37. The van der Waals surface area contributed by atoms with E-state index in [2.05, 4.69) is 10.5 Å². The van der Waals surface area contributed by atoms with Crippen LogP contribution >= 0.6 is 0 Å². The van der Waals surface area contributed by atoms with E-state index >= 15 is 0 Å². The Bertz CT molecular complexity index is 1590. The maximum absolute atomic E-state index is 14.1. The summed E-state index contributed by atoms with van der Waals surface area (Å²) in [6, 6.07) is 30.7. The van der Waals surface area contributed by atoms with Crippen molar-refractivity contribution in [2.24, 2.45) is 11.0 Å². The molecule has 1 N–H and O–H groups in total. The average Bonchev–Trinajstić information content (AvgIpc) is 3.60. The van der Waals surface area contributed by atoms with Crippen LogP contribution in [0.3, 0.4) is 0 Å². The van der Waals surface area contributed by atoms with Crippen molar-refractivity contribution in [3.63, 3.8) is 0 Å². The summed E-state index contributed by atoms with van der Waals surface area (Å²) in [7, 11) is 1.52. The topological polar surface area (TPSA) is 79.8 Å². The van der Waals surface area contributed by atoms with Crippen LogP contribution in [0, 0.1) is 23.4 Å². The molecule has 0 spiro atoms. The summed E-state index contributed by atoms with van der Waals surface area (Å²) in [5.74, 6) is -5.06. The average molecular weight is 649 g/mol. The molecule has 4 aromatic rings. The highest BCUT2D eigenvalue weighted by Gasteiger charge is 2.53. The molecule has 2 heterocycles. The van der Waals surface area contributed by atoms with E-state index in [4.69, 9.17) is 28.4 Å². The fraction of sp³-hybridized carbons (Fsp3) is 0.306. The number of hydrogen-bond acceptors (Lipinski definition) is 8. The second-order valence-electron chi connectivity index (χ2n) is 11.2. The predicted molar refractivity (Wildman–Crippen MR) is 166 cm³/mol. The number of halogens is 3. The van der Waals surface area contributed by atoms with Crippen LogP contribution in [0.4, 0.5) is 13.2 Å². The van der Waals surface area contributed by atoms with Crippen LogP contribution in [0.1, 0.15) is 22.3 Å². The van der Waals surface area contributed by atoms with Crippen LogP contribution in [-0.2, 0) is 48.2 Å². The van der Waals surface area contributed by atoms with E-state index in [9.17, 15) is 13.2 Å². The van der Waals surface area contributed by atoms with Gasteiger partial charge in [0.2, 0.25) is 5.90 Å². The van der Waals surface area contributed by atoms with Crippen molar-refractivity contribution in [1.82, 2.24) is 5.43 Å².